The van der Waals surface area contributed by atoms with E-state index >= 15 is 0 Å². The van der Waals surface area contributed by atoms with Gasteiger partial charge >= 0.3 is 12.1 Å². The van der Waals surface area contributed by atoms with Crippen molar-refractivity contribution in [1.82, 2.24) is 14.5 Å². The second-order valence-electron chi connectivity index (χ2n) is 9.48. The Morgan fingerprint density at radius 3 is 2.55 bits per heavy atom. The van der Waals surface area contributed by atoms with Crippen molar-refractivity contribution in [3.8, 4) is 22.9 Å². The minimum Gasteiger partial charge on any atom is -0.491 e. The average molecular weight is 613 g/mol. The number of thiophene rings is 1. The minimum absolute atomic E-state index is 0.0203. The molecule has 0 atom stereocenters. The number of carbonyl (C=O) groups is 1. The number of carboxylic acid groups (broad SMARTS) is 1. The summed E-state index contributed by atoms with van der Waals surface area (Å²) in [6, 6.07) is 9.12. The second-order valence-corrected chi connectivity index (χ2v) is 10.8. The number of alkyl halides is 3. The Labute approximate surface area is 245 Å². The maximum atomic E-state index is 13.6. The van der Waals surface area contributed by atoms with E-state index in [0.29, 0.717) is 43.9 Å². The van der Waals surface area contributed by atoms with E-state index in [4.69, 9.17) is 16.3 Å². The van der Waals surface area contributed by atoms with Crippen LogP contribution >= 0.6 is 22.9 Å². The fourth-order valence-electron chi connectivity index (χ4n) is 4.85. The van der Waals surface area contributed by atoms with E-state index < -0.39 is 28.8 Å². The fraction of sp³-hybridized carbons (Fsp3) is 0.207. The lowest BCUT2D eigenvalue weighted by atomic mass is 9.99. The number of aromatic carboxylic acids is 1. The van der Waals surface area contributed by atoms with Crippen molar-refractivity contribution in [3.05, 3.63) is 84.9 Å². The maximum absolute atomic E-state index is 13.6. The molecule has 0 aliphatic carbocycles. The zero-order valence-corrected chi connectivity index (χ0v) is 23.8. The van der Waals surface area contributed by atoms with E-state index in [1.54, 1.807) is 37.3 Å². The van der Waals surface area contributed by atoms with E-state index in [1.807, 2.05) is 0 Å². The molecule has 0 unspecified atom stereocenters. The van der Waals surface area contributed by atoms with Gasteiger partial charge in [0.15, 0.2) is 0 Å². The number of hydrogen-bond donors (Lipinski definition) is 1. The molecule has 5 rings (SSSR count). The van der Waals surface area contributed by atoms with Gasteiger partial charge < -0.3 is 9.84 Å². The first-order valence-corrected chi connectivity index (χ1v) is 13.6. The summed E-state index contributed by atoms with van der Waals surface area (Å²) in [7, 11) is 0. The lowest BCUT2D eigenvalue weighted by Crippen LogP contribution is -2.28. The zero-order valence-electron chi connectivity index (χ0n) is 22.3. The van der Waals surface area contributed by atoms with Gasteiger partial charge in [-0.2, -0.15) is 18.4 Å². The Balaban J connectivity index is 1.53. The van der Waals surface area contributed by atoms with Crippen molar-refractivity contribution < 1.29 is 27.8 Å². The van der Waals surface area contributed by atoms with Crippen LogP contribution in [-0.4, -0.2) is 32.2 Å². The van der Waals surface area contributed by atoms with Crippen LogP contribution in [0.4, 0.5) is 13.2 Å². The van der Waals surface area contributed by atoms with Gasteiger partial charge in [0, 0.05) is 27.2 Å². The molecule has 42 heavy (non-hydrogen) atoms. The summed E-state index contributed by atoms with van der Waals surface area (Å²) in [4.78, 5) is 33.8. The number of halogens is 4. The summed E-state index contributed by atoms with van der Waals surface area (Å²) in [6.45, 7) is 4.40. The van der Waals surface area contributed by atoms with Crippen LogP contribution in [0.1, 0.15) is 38.6 Å². The molecule has 0 bridgehead atoms. The molecule has 0 saturated carbocycles. The molecule has 5 aromatic rings. The van der Waals surface area contributed by atoms with E-state index in [9.17, 15) is 33.1 Å². The second kappa shape index (κ2) is 10.7. The van der Waals surface area contributed by atoms with Crippen molar-refractivity contribution >= 4 is 50.0 Å². The third kappa shape index (κ3) is 5.06. The first-order valence-electron chi connectivity index (χ1n) is 12.4. The number of ether oxygens (including phenoxy) is 1. The van der Waals surface area contributed by atoms with Gasteiger partial charge in [-0.1, -0.05) is 11.6 Å². The highest BCUT2D eigenvalue weighted by atomic mass is 35.5. The molecule has 0 saturated heterocycles. The van der Waals surface area contributed by atoms with Crippen LogP contribution in [0.5, 0.6) is 5.75 Å². The highest BCUT2D eigenvalue weighted by molar-refractivity contribution is 7.18. The summed E-state index contributed by atoms with van der Waals surface area (Å²) in [5.41, 5.74) is -0.225. The van der Waals surface area contributed by atoms with Crippen molar-refractivity contribution in [3.63, 3.8) is 0 Å². The Kier molecular flexibility index (Phi) is 7.42. The van der Waals surface area contributed by atoms with Gasteiger partial charge in [-0.05, 0) is 56.7 Å². The van der Waals surface area contributed by atoms with Crippen LogP contribution in [0.15, 0.2) is 40.5 Å². The molecule has 3 heterocycles. The summed E-state index contributed by atoms with van der Waals surface area (Å²) in [5, 5.41) is 20.9. The quantitative estimate of drug-likeness (QED) is 0.221. The van der Waals surface area contributed by atoms with Crippen molar-refractivity contribution in [2.24, 2.45) is 0 Å². The molecule has 0 spiro atoms. The standard InChI is InChI=1S/C29H20ClF3N4O4S/c1-13-8-19(26-25(35-13)20(12-42-26)28(39)40)18-10-17(30)4-5-22(18)41-7-6-37-15(3)36-24-14(2)21(29(31,32)33)9-16(11-34)23(24)27(37)38/h4-5,8-10,12H,6-7H2,1-3H3,(H,39,40). The molecule has 1 N–H and O–H groups in total. The van der Waals surface area contributed by atoms with Crippen molar-refractivity contribution in [1.29, 1.82) is 5.26 Å². The van der Waals surface area contributed by atoms with Crippen LogP contribution < -0.4 is 10.3 Å². The summed E-state index contributed by atoms with van der Waals surface area (Å²) < 4.78 is 48.6. The molecule has 8 nitrogen and oxygen atoms in total. The smallest absolute Gasteiger partial charge is 0.416 e. The molecular formula is C29H20ClF3N4O4S. The molecule has 0 aliphatic rings. The Hall–Kier alpha value is -4.47. The van der Waals surface area contributed by atoms with Gasteiger partial charge in [0.05, 0.1) is 44.4 Å². The number of nitrogens with zero attached hydrogens (tertiary/aromatic N) is 4. The largest absolute Gasteiger partial charge is 0.491 e. The molecule has 2 aromatic carbocycles. The van der Waals surface area contributed by atoms with Gasteiger partial charge in [-0.3, -0.25) is 14.3 Å². The van der Waals surface area contributed by atoms with Gasteiger partial charge in [0.1, 0.15) is 24.3 Å². The number of nitriles is 1. The lowest BCUT2D eigenvalue weighted by molar-refractivity contribution is -0.138. The number of pyridine rings is 1. The zero-order chi connectivity index (χ0) is 30.5. The lowest BCUT2D eigenvalue weighted by Gasteiger charge is -2.17. The normalized spacial score (nSPS) is 11.7. The topological polar surface area (TPSA) is 118 Å². The van der Waals surface area contributed by atoms with E-state index in [0.717, 1.165) is 0 Å². The molecule has 0 fully saturated rings. The number of hydrogen-bond acceptors (Lipinski definition) is 7. The number of aryl methyl sites for hydroxylation is 3. The number of carboxylic acids is 1. The minimum atomic E-state index is -4.71. The van der Waals surface area contributed by atoms with Gasteiger partial charge in [0.2, 0.25) is 0 Å². The van der Waals surface area contributed by atoms with E-state index in [2.05, 4.69) is 9.97 Å². The van der Waals surface area contributed by atoms with Gasteiger partial charge in [-0.15, -0.1) is 11.3 Å². The predicted molar refractivity (Wildman–Crippen MR) is 152 cm³/mol. The molecule has 214 valence electrons. The number of rotatable bonds is 6. The molecule has 3 aromatic heterocycles. The third-order valence-electron chi connectivity index (χ3n) is 6.79. The molecule has 13 heteroatoms. The summed E-state index contributed by atoms with van der Waals surface area (Å²) >= 11 is 7.54. The SMILES string of the molecule is Cc1cc(-c2cc(Cl)ccc2OCCn2c(C)nc3c(C)c(C(F)(F)F)cc(C#N)c3c2=O)c2scc(C(=O)O)c2n1. The first kappa shape index (κ1) is 29.0. The van der Waals surface area contributed by atoms with Crippen molar-refractivity contribution in [2.45, 2.75) is 33.5 Å². The summed E-state index contributed by atoms with van der Waals surface area (Å²) in [5.74, 6) is -0.536. The van der Waals surface area contributed by atoms with Crippen LogP contribution in [-0.2, 0) is 12.7 Å². The van der Waals surface area contributed by atoms with E-state index in [1.165, 1.54) is 35.1 Å². The first-order chi connectivity index (χ1) is 19.8. The highest BCUT2D eigenvalue weighted by Crippen LogP contribution is 2.40. The Bertz CT molecular complexity index is 2030. The fourth-order valence-corrected chi connectivity index (χ4v) is 6.03. The molecule has 0 aliphatic heterocycles. The number of fused-ring (bicyclic) bond motifs is 2. The average Bonchev–Trinajstić information content (AvgIpc) is 3.34. The maximum Gasteiger partial charge on any atom is 0.416 e. The van der Waals surface area contributed by atoms with Gasteiger partial charge in [-0.25, -0.2) is 9.78 Å². The van der Waals surface area contributed by atoms with Crippen molar-refractivity contribution in [2.75, 3.05) is 6.61 Å². The molecular weight excluding hydrogens is 593 g/mol. The Morgan fingerprint density at radius 1 is 1.14 bits per heavy atom. The third-order valence-corrected chi connectivity index (χ3v) is 8.03. The van der Waals surface area contributed by atoms with E-state index in [-0.39, 0.29) is 41.0 Å². The van der Waals surface area contributed by atoms with Crippen LogP contribution in [0, 0.1) is 32.1 Å². The van der Waals surface area contributed by atoms with Gasteiger partial charge in [0.25, 0.3) is 5.56 Å². The van der Waals surface area contributed by atoms with Crippen LogP contribution in [0.3, 0.4) is 0 Å². The molecule has 0 amide bonds. The van der Waals surface area contributed by atoms with Crippen LogP contribution in [0.2, 0.25) is 5.02 Å². The van der Waals surface area contributed by atoms with Crippen LogP contribution in [0.25, 0.3) is 32.2 Å². The number of benzene rings is 2. The summed E-state index contributed by atoms with van der Waals surface area (Å²) in [6.07, 6.45) is -4.71. The monoisotopic (exact) mass is 612 g/mol. The number of aromatic nitrogens is 3. The highest BCUT2D eigenvalue weighted by Gasteiger charge is 2.35. The Morgan fingerprint density at radius 2 is 1.88 bits per heavy atom. The predicted octanol–water partition coefficient (Wildman–Crippen LogP) is 6.92. The molecule has 0 radical (unpaired) electrons.